The Balaban J connectivity index is 2.43. The molecule has 1 unspecified atom stereocenters. The Morgan fingerprint density at radius 1 is 1.47 bits per heavy atom. The maximum atomic E-state index is 9.80. The van der Waals surface area contributed by atoms with Gasteiger partial charge in [0.05, 0.1) is 6.10 Å². The van der Waals surface area contributed by atoms with Gasteiger partial charge in [-0.25, -0.2) is 0 Å². The number of hydrogen-bond acceptors (Lipinski definition) is 2. The number of aromatic nitrogens is 1. The SMILES string of the molecule is Cc1cccc2[nH]c(C(O)CCN)cc12. The molecule has 0 spiro atoms. The van der Waals surface area contributed by atoms with Gasteiger partial charge < -0.3 is 15.8 Å². The second-order valence-corrected chi connectivity index (χ2v) is 3.85. The van der Waals surface area contributed by atoms with E-state index in [1.807, 2.05) is 18.2 Å². The molecule has 2 rings (SSSR count). The van der Waals surface area contributed by atoms with Gasteiger partial charge in [0.25, 0.3) is 0 Å². The highest BCUT2D eigenvalue weighted by atomic mass is 16.3. The molecular weight excluding hydrogens is 188 g/mol. The highest BCUT2D eigenvalue weighted by molar-refractivity contribution is 5.83. The van der Waals surface area contributed by atoms with Crippen molar-refractivity contribution in [2.24, 2.45) is 5.73 Å². The second-order valence-electron chi connectivity index (χ2n) is 3.85. The van der Waals surface area contributed by atoms with Crippen LogP contribution in [0, 0.1) is 6.92 Å². The smallest absolute Gasteiger partial charge is 0.0950 e. The fraction of sp³-hybridized carbons (Fsp3) is 0.333. The van der Waals surface area contributed by atoms with Crippen molar-refractivity contribution in [1.82, 2.24) is 4.98 Å². The van der Waals surface area contributed by atoms with E-state index in [1.54, 1.807) is 0 Å². The predicted molar refractivity (Wildman–Crippen MR) is 61.7 cm³/mol. The van der Waals surface area contributed by atoms with Gasteiger partial charge in [-0.3, -0.25) is 0 Å². The van der Waals surface area contributed by atoms with Crippen LogP contribution in [0.15, 0.2) is 24.3 Å². The van der Waals surface area contributed by atoms with Gasteiger partial charge in [0.1, 0.15) is 0 Å². The summed E-state index contributed by atoms with van der Waals surface area (Å²) in [5.41, 5.74) is 8.56. The van der Waals surface area contributed by atoms with E-state index in [4.69, 9.17) is 5.73 Å². The van der Waals surface area contributed by atoms with E-state index in [-0.39, 0.29) is 0 Å². The van der Waals surface area contributed by atoms with Crippen molar-refractivity contribution in [3.8, 4) is 0 Å². The number of aliphatic hydroxyl groups excluding tert-OH is 1. The molecule has 0 saturated heterocycles. The lowest BCUT2D eigenvalue weighted by Gasteiger charge is -2.05. The van der Waals surface area contributed by atoms with Crippen molar-refractivity contribution in [3.05, 3.63) is 35.5 Å². The topological polar surface area (TPSA) is 62.0 Å². The monoisotopic (exact) mass is 204 g/mol. The van der Waals surface area contributed by atoms with E-state index in [0.29, 0.717) is 13.0 Å². The molecule has 3 heteroatoms. The lowest BCUT2D eigenvalue weighted by molar-refractivity contribution is 0.166. The zero-order chi connectivity index (χ0) is 10.8. The summed E-state index contributed by atoms with van der Waals surface area (Å²) < 4.78 is 0. The summed E-state index contributed by atoms with van der Waals surface area (Å²) in [5.74, 6) is 0. The molecule has 0 radical (unpaired) electrons. The third-order valence-corrected chi connectivity index (χ3v) is 2.70. The molecule has 0 aliphatic carbocycles. The first-order valence-electron chi connectivity index (χ1n) is 5.18. The molecule has 0 fully saturated rings. The molecule has 0 aliphatic heterocycles. The van der Waals surface area contributed by atoms with Gasteiger partial charge in [-0.1, -0.05) is 12.1 Å². The largest absolute Gasteiger partial charge is 0.387 e. The van der Waals surface area contributed by atoms with Crippen molar-refractivity contribution in [2.45, 2.75) is 19.4 Å². The zero-order valence-corrected chi connectivity index (χ0v) is 8.83. The maximum absolute atomic E-state index is 9.80. The number of hydrogen-bond donors (Lipinski definition) is 3. The van der Waals surface area contributed by atoms with Crippen LogP contribution in [0.1, 0.15) is 23.8 Å². The fourth-order valence-electron chi connectivity index (χ4n) is 1.82. The molecule has 1 aromatic carbocycles. The van der Waals surface area contributed by atoms with Gasteiger partial charge in [0.2, 0.25) is 0 Å². The van der Waals surface area contributed by atoms with Gasteiger partial charge in [-0.15, -0.1) is 0 Å². The minimum atomic E-state index is -0.484. The van der Waals surface area contributed by atoms with E-state index in [0.717, 1.165) is 11.2 Å². The van der Waals surface area contributed by atoms with Gasteiger partial charge in [0, 0.05) is 16.6 Å². The summed E-state index contributed by atoms with van der Waals surface area (Å²) in [4.78, 5) is 3.22. The van der Waals surface area contributed by atoms with E-state index in [2.05, 4.69) is 18.0 Å². The zero-order valence-electron chi connectivity index (χ0n) is 8.83. The lowest BCUT2D eigenvalue weighted by atomic mass is 10.1. The summed E-state index contributed by atoms with van der Waals surface area (Å²) >= 11 is 0. The van der Waals surface area contributed by atoms with Crippen LogP contribution in [0.3, 0.4) is 0 Å². The molecule has 0 amide bonds. The maximum Gasteiger partial charge on any atom is 0.0950 e. The normalized spacial score (nSPS) is 13.3. The number of nitrogens with one attached hydrogen (secondary N) is 1. The van der Waals surface area contributed by atoms with Crippen molar-refractivity contribution in [2.75, 3.05) is 6.54 Å². The first kappa shape index (κ1) is 10.2. The number of H-pyrrole nitrogens is 1. The number of fused-ring (bicyclic) bond motifs is 1. The molecule has 4 N–H and O–H groups in total. The Kier molecular flexibility index (Phi) is 2.75. The predicted octanol–water partition coefficient (Wildman–Crippen LogP) is 1.86. The number of aliphatic hydroxyl groups is 1. The van der Waals surface area contributed by atoms with Gasteiger partial charge in [0.15, 0.2) is 0 Å². The van der Waals surface area contributed by atoms with Crippen molar-refractivity contribution in [3.63, 3.8) is 0 Å². The number of aryl methyl sites for hydroxylation is 1. The van der Waals surface area contributed by atoms with Crippen molar-refractivity contribution >= 4 is 10.9 Å². The van der Waals surface area contributed by atoms with E-state index in [1.165, 1.54) is 10.9 Å². The van der Waals surface area contributed by atoms with Crippen LogP contribution in [0.4, 0.5) is 0 Å². The molecule has 1 atom stereocenters. The third kappa shape index (κ3) is 1.89. The van der Waals surface area contributed by atoms with Gasteiger partial charge in [-0.05, 0) is 37.6 Å². The molecule has 3 nitrogen and oxygen atoms in total. The van der Waals surface area contributed by atoms with Crippen LogP contribution < -0.4 is 5.73 Å². The Morgan fingerprint density at radius 3 is 2.93 bits per heavy atom. The summed E-state index contributed by atoms with van der Waals surface area (Å²) in [6.07, 6.45) is 0.105. The standard InChI is InChI=1S/C12H16N2O/c1-8-3-2-4-10-9(8)7-11(14-10)12(15)5-6-13/h2-4,7,12,14-15H,5-6,13H2,1H3. The number of benzene rings is 1. The molecule has 1 heterocycles. The van der Waals surface area contributed by atoms with Gasteiger partial charge >= 0.3 is 0 Å². The Morgan fingerprint density at radius 2 is 2.27 bits per heavy atom. The summed E-state index contributed by atoms with van der Waals surface area (Å²) in [6, 6.07) is 8.09. The molecular formula is C12H16N2O. The molecule has 2 aromatic rings. The summed E-state index contributed by atoms with van der Waals surface area (Å²) in [5, 5.41) is 11.0. The van der Waals surface area contributed by atoms with Crippen LogP contribution in [0.25, 0.3) is 10.9 Å². The van der Waals surface area contributed by atoms with Gasteiger partial charge in [-0.2, -0.15) is 0 Å². The lowest BCUT2D eigenvalue weighted by Crippen LogP contribution is -2.06. The number of aromatic amines is 1. The van der Waals surface area contributed by atoms with Crippen LogP contribution in [0.5, 0.6) is 0 Å². The molecule has 15 heavy (non-hydrogen) atoms. The average molecular weight is 204 g/mol. The van der Waals surface area contributed by atoms with E-state index in [9.17, 15) is 5.11 Å². The molecule has 0 saturated carbocycles. The summed E-state index contributed by atoms with van der Waals surface area (Å²) in [6.45, 7) is 2.56. The molecule has 0 bridgehead atoms. The Labute approximate surface area is 88.9 Å². The van der Waals surface area contributed by atoms with E-state index < -0.39 is 6.10 Å². The van der Waals surface area contributed by atoms with Crippen molar-refractivity contribution in [1.29, 1.82) is 0 Å². The first-order chi connectivity index (χ1) is 7.22. The average Bonchev–Trinajstić information content (AvgIpc) is 2.63. The fourth-order valence-corrected chi connectivity index (χ4v) is 1.82. The summed E-state index contributed by atoms with van der Waals surface area (Å²) in [7, 11) is 0. The highest BCUT2D eigenvalue weighted by Crippen LogP contribution is 2.23. The highest BCUT2D eigenvalue weighted by Gasteiger charge is 2.10. The van der Waals surface area contributed by atoms with Crippen LogP contribution >= 0.6 is 0 Å². The first-order valence-corrected chi connectivity index (χ1v) is 5.18. The number of nitrogens with two attached hydrogens (primary N) is 1. The van der Waals surface area contributed by atoms with Crippen LogP contribution in [-0.2, 0) is 0 Å². The van der Waals surface area contributed by atoms with Crippen molar-refractivity contribution < 1.29 is 5.11 Å². The number of rotatable bonds is 3. The minimum Gasteiger partial charge on any atom is -0.387 e. The molecule has 80 valence electrons. The Bertz CT molecular complexity index is 462. The minimum absolute atomic E-state index is 0.484. The van der Waals surface area contributed by atoms with Crippen LogP contribution in [-0.4, -0.2) is 16.6 Å². The quantitative estimate of drug-likeness (QED) is 0.714. The molecule has 1 aromatic heterocycles. The van der Waals surface area contributed by atoms with E-state index >= 15 is 0 Å². The second kappa shape index (κ2) is 4.04. The van der Waals surface area contributed by atoms with Crippen LogP contribution in [0.2, 0.25) is 0 Å². The third-order valence-electron chi connectivity index (χ3n) is 2.70. The molecule has 0 aliphatic rings. The Hall–Kier alpha value is -1.32.